The molecule has 0 aliphatic heterocycles. The molecular weight excluding hydrogens is 558 g/mol. The number of aryl methyl sites for hydroxylation is 1. The second-order valence-corrected chi connectivity index (χ2v) is 11.3. The van der Waals surface area contributed by atoms with Crippen LogP contribution in [0.5, 0.6) is 0 Å². The summed E-state index contributed by atoms with van der Waals surface area (Å²) in [6.45, 7) is 9.29. The van der Waals surface area contributed by atoms with Crippen LogP contribution in [0.25, 0.3) is 22.5 Å². The number of carbonyl (C=O) groups is 2. The fourth-order valence-electron chi connectivity index (χ4n) is 4.34. The third kappa shape index (κ3) is 7.94. The van der Waals surface area contributed by atoms with Gasteiger partial charge in [-0.2, -0.15) is 5.21 Å². The molecule has 11 nitrogen and oxygen atoms in total. The molecule has 4 rings (SSSR count). The summed E-state index contributed by atoms with van der Waals surface area (Å²) < 4.78 is 12.8. The second kappa shape index (κ2) is 13.6. The highest BCUT2D eigenvalue weighted by Crippen LogP contribution is 2.30. The van der Waals surface area contributed by atoms with E-state index in [4.69, 9.17) is 21.1 Å². The third-order valence-corrected chi connectivity index (χ3v) is 6.72. The molecule has 4 aromatic rings. The molecule has 0 aliphatic rings. The van der Waals surface area contributed by atoms with Gasteiger partial charge >= 0.3 is 12.1 Å². The number of halogens is 1. The zero-order valence-corrected chi connectivity index (χ0v) is 25.2. The number of aromatic nitrogens is 6. The van der Waals surface area contributed by atoms with Crippen LogP contribution < -0.4 is 5.32 Å². The first-order chi connectivity index (χ1) is 20.1. The molecule has 0 bridgehead atoms. The van der Waals surface area contributed by atoms with Gasteiger partial charge in [0.1, 0.15) is 24.1 Å². The van der Waals surface area contributed by atoms with Gasteiger partial charge in [-0.05, 0) is 56.0 Å². The molecule has 1 amide bonds. The average molecular weight is 594 g/mol. The van der Waals surface area contributed by atoms with E-state index in [1.54, 1.807) is 20.8 Å². The van der Waals surface area contributed by atoms with Gasteiger partial charge < -0.3 is 19.4 Å². The number of rotatable bonds is 11. The molecule has 0 saturated carbocycles. The predicted octanol–water partition coefficient (Wildman–Crippen LogP) is 5.73. The van der Waals surface area contributed by atoms with E-state index >= 15 is 0 Å². The molecule has 0 unspecified atom stereocenters. The molecule has 0 spiro atoms. The predicted molar refractivity (Wildman–Crippen MR) is 159 cm³/mol. The first-order valence-electron chi connectivity index (χ1n) is 13.9. The maximum Gasteiger partial charge on any atom is 0.408 e. The van der Waals surface area contributed by atoms with Crippen molar-refractivity contribution in [1.29, 1.82) is 0 Å². The van der Waals surface area contributed by atoms with E-state index in [1.165, 1.54) is 6.92 Å². The van der Waals surface area contributed by atoms with Gasteiger partial charge in [0.25, 0.3) is 0 Å². The van der Waals surface area contributed by atoms with E-state index in [1.807, 2.05) is 53.1 Å². The van der Waals surface area contributed by atoms with E-state index in [0.29, 0.717) is 18.1 Å². The lowest BCUT2D eigenvalue weighted by Crippen LogP contribution is -2.42. The number of hydrogen-bond donors (Lipinski definition) is 2. The quantitative estimate of drug-likeness (QED) is 0.210. The van der Waals surface area contributed by atoms with Gasteiger partial charge in [0.15, 0.2) is 5.15 Å². The number of nitrogens with zero attached hydrogens (tertiary/aromatic N) is 5. The SMILES string of the molecule is CCCCc1nc(Cl)c(COC(=O)[C@H](C)NC(=O)OC(C)(C)C)n1Cc1ccc(-c2ccccc2-c2nn[nH]n2)cc1. The Morgan fingerprint density at radius 1 is 1.10 bits per heavy atom. The van der Waals surface area contributed by atoms with E-state index in [0.717, 1.165) is 47.3 Å². The van der Waals surface area contributed by atoms with Crippen molar-refractivity contribution in [3.05, 3.63) is 70.8 Å². The summed E-state index contributed by atoms with van der Waals surface area (Å²) in [6.07, 6.45) is 1.98. The summed E-state index contributed by atoms with van der Waals surface area (Å²) in [5, 5.41) is 17.2. The van der Waals surface area contributed by atoms with Crippen molar-refractivity contribution < 1.29 is 19.1 Å². The summed E-state index contributed by atoms with van der Waals surface area (Å²) in [5.74, 6) is 0.738. The van der Waals surface area contributed by atoms with Gasteiger partial charge in [0.2, 0.25) is 5.82 Å². The fraction of sp³-hybridized carbons (Fsp3) is 0.400. The van der Waals surface area contributed by atoms with E-state index in [2.05, 4.69) is 37.8 Å². The van der Waals surface area contributed by atoms with Crippen LogP contribution >= 0.6 is 11.6 Å². The minimum atomic E-state index is -0.905. The lowest BCUT2D eigenvalue weighted by atomic mass is 9.98. The largest absolute Gasteiger partial charge is 0.458 e. The van der Waals surface area contributed by atoms with Crippen LogP contribution in [0.2, 0.25) is 5.15 Å². The number of carbonyl (C=O) groups excluding carboxylic acids is 2. The summed E-state index contributed by atoms with van der Waals surface area (Å²) in [6, 6.07) is 15.2. The Morgan fingerprint density at radius 3 is 2.45 bits per heavy atom. The highest BCUT2D eigenvalue weighted by Gasteiger charge is 2.24. The molecule has 2 N–H and O–H groups in total. The average Bonchev–Trinajstić information content (AvgIpc) is 3.58. The number of alkyl carbamates (subject to hydrolysis) is 1. The summed E-state index contributed by atoms with van der Waals surface area (Å²) in [7, 11) is 0. The van der Waals surface area contributed by atoms with Crippen LogP contribution in [0.1, 0.15) is 64.5 Å². The van der Waals surface area contributed by atoms with Crippen molar-refractivity contribution in [2.24, 2.45) is 0 Å². The van der Waals surface area contributed by atoms with Crippen LogP contribution in [-0.2, 0) is 33.8 Å². The van der Waals surface area contributed by atoms with Crippen LogP contribution in [0.3, 0.4) is 0 Å². The standard InChI is InChI=1S/C30H36ClN7O4/c1-6-7-12-25-33-26(31)24(18-41-28(39)19(2)32-29(40)42-30(3,4)5)38(25)17-20-13-15-21(16-14-20)22-10-8-9-11-23(22)27-34-36-37-35-27/h8-11,13-16,19H,6-7,12,17-18H2,1-5H3,(H,32,40)(H,34,35,36,37)/t19-/m0/s1. The fourth-order valence-corrected chi connectivity index (χ4v) is 4.60. The Bertz CT molecular complexity index is 1500. The first-order valence-corrected chi connectivity index (χ1v) is 14.3. The Hall–Kier alpha value is -4.25. The monoisotopic (exact) mass is 593 g/mol. The normalized spacial score (nSPS) is 12.1. The van der Waals surface area contributed by atoms with Crippen molar-refractivity contribution in [2.75, 3.05) is 0 Å². The molecule has 0 radical (unpaired) electrons. The molecule has 0 saturated heterocycles. The number of aromatic amines is 1. The smallest absolute Gasteiger partial charge is 0.408 e. The van der Waals surface area contributed by atoms with E-state index in [-0.39, 0.29) is 11.8 Å². The van der Waals surface area contributed by atoms with Gasteiger partial charge in [-0.3, -0.25) is 0 Å². The van der Waals surface area contributed by atoms with Crippen molar-refractivity contribution >= 4 is 23.7 Å². The number of unbranched alkanes of at least 4 members (excludes halogenated alkanes) is 1. The number of H-pyrrole nitrogens is 1. The summed E-state index contributed by atoms with van der Waals surface area (Å²) in [5.41, 5.74) is 3.80. The van der Waals surface area contributed by atoms with Crippen molar-refractivity contribution in [2.45, 2.75) is 78.7 Å². The molecule has 1 atom stereocenters. The number of nitrogens with one attached hydrogen (secondary N) is 2. The highest BCUT2D eigenvalue weighted by molar-refractivity contribution is 6.30. The first kappa shape index (κ1) is 30.7. The summed E-state index contributed by atoms with van der Waals surface area (Å²) >= 11 is 6.55. The molecule has 2 heterocycles. The molecule has 42 heavy (non-hydrogen) atoms. The number of amides is 1. The van der Waals surface area contributed by atoms with Gasteiger partial charge in [-0.1, -0.05) is 73.5 Å². The molecular formula is C30H36ClN7O4. The van der Waals surface area contributed by atoms with Crippen LogP contribution in [0, 0.1) is 0 Å². The van der Waals surface area contributed by atoms with Crippen molar-refractivity contribution in [1.82, 2.24) is 35.5 Å². The molecule has 12 heteroatoms. The maximum absolute atomic E-state index is 12.7. The Kier molecular flexibility index (Phi) is 9.95. The number of ether oxygens (including phenoxy) is 2. The number of hydrogen-bond acceptors (Lipinski definition) is 8. The van der Waals surface area contributed by atoms with Crippen LogP contribution in [-0.4, -0.2) is 53.9 Å². The third-order valence-electron chi connectivity index (χ3n) is 6.41. The van der Waals surface area contributed by atoms with Crippen molar-refractivity contribution in [3.8, 4) is 22.5 Å². The van der Waals surface area contributed by atoms with Gasteiger partial charge in [-0.25, -0.2) is 14.6 Å². The molecule has 0 aliphatic carbocycles. The molecule has 2 aromatic carbocycles. The van der Waals surface area contributed by atoms with E-state index < -0.39 is 23.7 Å². The van der Waals surface area contributed by atoms with Crippen molar-refractivity contribution in [3.63, 3.8) is 0 Å². The van der Waals surface area contributed by atoms with E-state index in [9.17, 15) is 9.59 Å². The topological polar surface area (TPSA) is 137 Å². The minimum Gasteiger partial charge on any atom is -0.458 e. The lowest BCUT2D eigenvalue weighted by Gasteiger charge is -2.21. The second-order valence-electron chi connectivity index (χ2n) is 10.9. The zero-order valence-electron chi connectivity index (χ0n) is 24.5. The van der Waals surface area contributed by atoms with Gasteiger partial charge in [0, 0.05) is 18.5 Å². The number of benzene rings is 2. The van der Waals surface area contributed by atoms with Gasteiger partial charge in [-0.15, -0.1) is 10.2 Å². The number of tetrazole rings is 1. The van der Waals surface area contributed by atoms with Crippen LogP contribution in [0.4, 0.5) is 4.79 Å². The number of esters is 1. The number of imidazole rings is 1. The zero-order chi connectivity index (χ0) is 30.3. The Labute approximate surface area is 250 Å². The van der Waals surface area contributed by atoms with Crippen LogP contribution in [0.15, 0.2) is 48.5 Å². The van der Waals surface area contributed by atoms with Gasteiger partial charge in [0.05, 0.1) is 5.69 Å². The molecule has 0 fully saturated rings. The minimum absolute atomic E-state index is 0.0900. The highest BCUT2D eigenvalue weighted by atomic mass is 35.5. The molecule has 2 aromatic heterocycles. The Morgan fingerprint density at radius 2 is 1.81 bits per heavy atom. The Balaban J connectivity index is 1.51. The summed E-state index contributed by atoms with van der Waals surface area (Å²) in [4.78, 5) is 29.3. The molecule has 222 valence electrons. The lowest BCUT2D eigenvalue weighted by molar-refractivity contribution is -0.147. The maximum atomic E-state index is 12.7.